The van der Waals surface area contributed by atoms with Crippen LogP contribution in [0.25, 0.3) is 5.69 Å². The Morgan fingerprint density at radius 3 is 2.73 bits per heavy atom. The summed E-state index contributed by atoms with van der Waals surface area (Å²) in [5.41, 5.74) is -0.183. The molecule has 0 saturated carbocycles. The second-order valence-electron chi connectivity index (χ2n) is 5.88. The highest BCUT2D eigenvalue weighted by molar-refractivity contribution is 5.64. The molecule has 1 aromatic carbocycles. The fourth-order valence-corrected chi connectivity index (χ4v) is 2.46. The average molecular weight is 415 g/mol. The molecule has 0 radical (unpaired) electrons. The van der Waals surface area contributed by atoms with Gasteiger partial charge in [0.15, 0.2) is 5.82 Å². The quantitative estimate of drug-likeness (QED) is 0.501. The van der Waals surface area contributed by atoms with Gasteiger partial charge in [0, 0.05) is 27.3 Å². The average Bonchev–Trinajstić information content (AvgIpc) is 3.08. The largest absolute Gasteiger partial charge is 0.489 e. The lowest BCUT2D eigenvalue weighted by Gasteiger charge is -2.14. The highest BCUT2D eigenvalue weighted by Gasteiger charge is 2.18. The Labute approximate surface area is 169 Å². The van der Waals surface area contributed by atoms with E-state index in [4.69, 9.17) is 14.7 Å². The summed E-state index contributed by atoms with van der Waals surface area (Å²) < 4.78 is 27.2. The molecular weight excluding hydrogens is 397 g/mol. The van der Waals surface area contributed by atoms with E-state index in [0.29, 0.717) is 0 Å². The van der Waals surface area contributed by atoms with Crippen LogP contribution in [0, 0.1) is 17.1 Å². The molecule has 13 heteroatoms. The predicted octanol–water partition coefficient (Wildman–Crippen LogP) is 0.577. The van der Waals surface area contributed by atoms with Crippen molar-refractivity contribution in [2.75, 3.05) is 38.0 Å². The summed E-state index contributed by atoms with van der Waals surface area (Å²) in [5, 5.41) is 22.0. The molecule has 3 rings (SSSR count). The lowest BCUT2D eigenvalue weighted by molar-refractivity contribution is 0.146. The number of nitrogens with one attached hydrogen (secondary N) is 2. The molecule has 0 aliphatic heterocycles. The molecule has 2 N–H and O–H groups in total. The van der Waals surface area contributed by atoms with Crippen molar-refractivity contribution in [2.45, 2.75) is 0 Å². The van der Waals surface area contributed by atoms with Gasteiger partial charge in [-0.1, -0.05) is 0 Å². The van der Waals surface area contributed by atoms with Crippen LogP contribution in [0.2, 0.25) is 0 Å². The number of aromatic nitrogens is 6. The molecule has 0 saturated heterocycles. The summed E-state index contributed by atoms with van der Waals surface area (Å²) >= 11 is 0. The molecule has 0 fully saturated rings. The van der Waals surface area contributed by atoms with Gasteiger partial charge in [-0.3, -0.25) is 0 Å². The molecule has 156 valence electrons. The first-order chi connectivity index (χ1) is 14.5. The smallest absolute Gasteiger partial charge is 0.368 e. The van der Waals surface area contributed by atoms with E-state index >= 15 is 0 Å². The number of hydrogen-bond acceptors (Lipinski definition) is 10. The Morgan fingerprint density at radius 2 is 2.10 bits per heavy atom. The van der Waals surface area contributed by atoms with Gasteiger partial charge in [-0.15, -0.1) is 0 Å². The van der Waals surface area contributed by atoms with Gasteiger partial charge in [0.2, 0.25) is 5.95 Å². The third kappa shape index (κ3) is 4.18. The number of nitriles is 1. The van der Waals surface area contributed by atoms with Crippen LogP contribution < -0.4 is 21.1 Å². The highest BCUT2D eigenvalue weighted by atomic mass is 19.1. The first kappa shape index (κ1) is 20.7. The zero-order valence-electron chi connectivity index (χ0n) is 16.4. The van der Waals surface area contributed by atoms with Crippen LogP contribution >= 0.6 is 0 Å². The van der Waals surface area contributed by atoms with Crippen molar-refractivity contribution in [1.29, 1.82) is 5.26 Å². The fourth-order valence-electron chi connectivity index (χ4n) is 2.46. The van der Waals surface area contributed by atoms with Gasteiger partial charge in [0.1, 0.15) is 35.5 Å². The molecule has 0 aliphatic carbocycles. The lowest BCUT2D eigenvalue weighted by atomic mass is 10.2. The second kappa shape index (κ2) is 8.97. The van der Waals surface area contributed by atoms with Gasteiger partial charge in [-0.05, 0) is 16.5 Å². The van der Waals surface area contributed by atoms with Crippen molar-refractivity contribution < 1.29 is 13.9 Å². The van der Waals surface area contributed by atoms with Crippen LogP contribution in [0.15, 0.2) is 23.1 Å². The molecule has 2 heterocycles. The predicted molar refractivity (Wildman–Crippen MR) is 104 cm³/mol. The second-order valence-corrected chi connectivity index (χ2v) is 5.88. The summed E-state index contributed by atoms with van der Waals surface area (Å²) in [6.45, 7) is 0.400. The van der Waals surface area contributed by atoms with Crippen molar-refractivity contribution in [2.24, 2.45) is 7.05 Å². The summed E-state index contributed by atoms with van der Waals surface area (Å²) in [6, 6.07) is 4.38. The maximum absolute atomic E-state index is 14.7. The van der Waals surface area contributed by atoms with Crippen LogP contribution in [0.4, 0.5) is 21.8 Å². The molecule has 0 bridgehead atoms. The summed E-state index contributed by atoms with van der Waals surface area (Å²) in [4.78, 5) is 20.4. The Morgan fingerprint density at radius 1 is 1.30 bits per heavy atom. The van der Waals surface area contributed by atoms with Gasteiger partial charge in [0.05, 0.1) is 18.5 Å². The van der Waals surface area contributed by atoms with Crippen molar-refractivity contribution >= 4 is 17.5 Å². The molecule has 0 spiro atoms. The fraction of sp³-hybridized carbons (Fsp3) is 0.294. The van der Waals surface area contributed by atoms with E-state index in [0.717, 1.165) is 15.4 Å². The zero-order valence-corrected chi connectivity index (χ0v) is 16.4. The van der Waals surface area contributed by atoms with Crippen LogP contribution in [0.1, 0.15) is 5.56 Å². The van der Waals surface area contributed by atoms with Gasteiger partial charge in [-0.25, -0.2) is 14.2 Å². The Hall–Kier alpha value is -4.05. The molecule has 12 nitrogen and oxygen atoms in total. The van der Waals surface area contributed by atoms with Gasteiger partial charge < -0.3 is 20.1 Å². The topological polar surface area (TPSA) is 145 Å². The highest BCUT2D eigenvalue weighted by Crippen LogP contribution is 2.30. The van der Waals surface area contributed by atoms with E-state index in [9.17, 15) is 9.18 Å². The molecule has 2 aromatic heterocycles. The Kier molecular flexibility index (Phi) is 6.18. The lowest BCUT2D eigenvalue weighted by Crippen LogP contribution is -2.23. The maximum atomic E-state index is 14.7. The SMILES string of the molecule is CNc1nc(Nc2cc(-n3nnn(C)c3=O)c(OCCOC)cc2F)ncc1C#N. The van der Waals surface area contributed by atoms with Crippen LogP contribution in [0.5, 0.6) is 5.75 Å². The first-order valence-corrected chi connectivity index (χ1v) is 8.65. The van der Waals surface area contributed by atoms with E-state index < -0.39 is 11.5 Å². The minimum atomic E-state index is -0.679. The number of halogens is 1. The van der Waals surface area contributed by atoms with Gasteiger partial charge >= 0.3 is 5.69 Å². The van der Waals surface area contributed by atoms with Crippen LogP contribution in [0.3, 0.4) is 0 Å². The molecule has 3 aromatic rings. The van der Waals surface area contributed by atoms with Crippen molar-refractivity contribution in [3.8, 4) is 17.5 Å². The number of nitrogens with zero attached hydrogens (tertiary/aromatic N) is 7. The zero-order chi connectivity index (χ0) is 21.7. The third-order valence-corrected chi connectivity index (χ3v) is 3.94. The molecule has 30 heavy (non-hydrogen) atoms. The Balaban J connectivity index is 2.03. The summed E-state index contributed by atoms with van der Waals surface area (Å²) in [7, 11) is 4.53. The van der Waals surface area contributed by atoms with E-state index in [1.807, 2.05) is 6.07 Å². The van der Waals surface area contributed by atoms with Gasteiger partial charge in [0.25, 0.3) is 0 Å². The standard InChI is InChI=1S/C17H18FN9O3/c1-20-15-10(8-19)9-21-16(23-15)22-12-7-13(27-17(28)26(2)24-25-27)14(6-11(12)18)30-5-4-29-3/h6-7,9H,4-5H2,1-3H3,(H2,20,21,22,23). The van der Waals surface area contributed by atoms with E-state index in [2.05, 4.69) is 31.0 Å². The van der Waals surface area contributed by atoms with E-state index in [1.165, 1.54) is 26.4 Å². The first-order valence-electron chi connectivity index (χ1n) is 8.65. The molecule has 0 unspecified atom stereocenters. The van der Waals surface area contributed by atoms with Crippen LogP contribution in [-0.2, 0) is 11.8 Å². The Bertz CT molecular complexity index is 1150. The number of rotatable bonds is 8. The van der Waals surface area contributed by atoms with E-state index in [1.54, 1.807) is 7.05 Å². The monoisotopic (exact) mass is 415 g/mol. The van der Waals surface area contributed by atoms with Gasteiger partial charge in [-0.2, -0.15) is 19.6 Å². The van der Waals surface area contributed by atoms with Crippen molar-refractivity contribution in [3.05, 3.63) is 40.2 Å². The maximum Gasteiger partial charge on any atom is 0.368 e. The molecule has 0 amide bonds. The van der Waals surface area contributed by atoms with Crippen molar-refractivity contribution in [3.63, 3.8) is 0 Å². The molecular formula is C17H18FN9O3. The minimum Gasteiger partial charge on any atom is -0.489 e. The number of anilines is 3. The number of ether oxygens (including phenoxy) is 2. The minimum absolute atomic E-state index is 0.0339. The number of methoxy groups -OCH3 is 1. The number of tetrazole rings is 1. The van der Waals surface area contributed by atoms with Crippen molar-refractivity contribution in [1.82, 2.24) is 29.8 Å². The number of benzene rings is 1. The normalized spacial score (nSPS) is 10.5. The molecule has 0 atom stereocenters. The number of hydrogen-bond donors (Lipinski definition) is 2. The summed E-state index contributed by atoms with van der Waals surface area (Å²) in [6.07, 6.45) is 1.30. The summed E-state index contributed by atoms with van der Waals surface area (Å²) in [5.74, 6) is -0.278. The van der Waals surface area contributed by atoms with E-state index in [-0.39, 0.29) is 47.7 Å². The molecule has 0 aliphatic rings. The number of aryl methyl sites for hydroxylation is 1. The van der Waals surface area contributed by atoms with Crippen LogP contribution in [-0.4, -0.2) is 57.1 Å². The third-order valence-electron chi connectivity index (χ3n) is 3.94.